The topological polar surface area (TPSA) is 136 Å². The number of hydrogen-bond donors (Lipinski definition) is 0. The van der Waals surface area contributed by atoms with Crippen molar-refractivity contribution in [1.29, 1.82) is 0 Å². The van der Waals surface area contributed by atoms with Crippen LogP contribution in [0.5, 0.6) is 0 Å². The van der Waals surface area contributed by atoms with Crippen molar-refractivity contribution >= 4 is 11.9 Å². The molecule has 10 atom stereocenters. The monoisotopic (exact) mass is 862 g/mol. The summed E-state index contributed by atoms with van der Waals surface area (Å²) in [6.07, 6.45) is -10.5. The Balaban J connectivity index is 1.29. The van der Waals surface area contributed by atoms with Gasteiger partial charge in [-0.1, -0.05) is 127 Å². The molecular weight excluding hydrogens is 809 g/mol. The highest BCUT2D eigenvalue weighted by atomic mass is 16.8. The third-order valence-corrected chi connectivity index (χ3v) is 10.7. The predicted octanol–water partition coefficient (Wildman–Crippen LogP) is 6.97. The van der Waals surface area contributed by atoms with Crippen LogP contribution in [0.4, 0.5) is 0 Å². The van der Waals surface area contributed by atoms with Gasteiger partial charge in [-0.2, -0.15) is 0 Å². The average molecular weight is 863 g/mol. The van der Waals surface area contributed by atoms with E-state index in [4.69, 9.17) is 52.1 Å². The summed E-state index contributed by atoms with van der Waals surface area (Å²) in [6.45, 7) is 0.654. The van der Waals surface area contributed by atoms with Gasteiger partial charge in [-0.25, -0.2) is 9.59 Å². The largest absolute Gasteiger partial charge is 0.452 e. The van der Waals surface area contributed by atoms with Crippen LogP contribution in [0.2, 0.25) is 0 Å². The number of benzene rings is 5. The van der Waals surface area contributed by atoms with E-state index in [2.05, 4.69) is 0 Å². The van der Waals surface area contributed by atoms with Gasteiger partial charge in [-0.05, 0) is 41.0 Å². The Hall–Kier alpha value is -5.32. The highest BCUT2D eigenvalue weighted by Gasteiger charge is 2.56. The maximum absolute atomic E-state index is 14.0. The smallest absolute Gasteiger partial charge is 0.338 e. The van der Waals surface area contributed by atoms with Crippen LogP contribution >= 0.6 is 0 Å². The lowest BCUT2D eigenvalue weighted by atomic mass is 9.95. The molecular formula is C50H54O13. The van der Waals surface area contributed by atoms with Crippen LogP contribution < -0.4 is 0 Å². The zero-order chi connectivity index (χ0) is 43.8. The van der Waals surface area contributed by atoms with Crippen molar-refractivity contribution in [3.8, 4) is 0 Å². The Kier molecular flexibility index (Phi) is 17.0. The van der Waals surface area contributed by atoms with Crippen LogP contribution in [0.15, 0.2) is 152 Å². The number of carbonyl (C=O) groups is 2. The third kappa shape index (κ3) is 12.2. The van der Waals surface area contributed by atoms with Crippen LogP contribution in [0.25, 0.3) is 0 Å². The highest BCUT2D eigenvalue weighted by Crippen LogP contribution is 2.36. The maximum Gasteiger partial charge on any atom is 0.338 e. The first-order valence-corrected chi connectivity index (χ1v) is 20.9. The van der Waals surface area contributed by atoms with Crippen LogP contribution in [0.3, 0.4) is 0 Å². The summed E-state index contributed by atoms with van der Waals surface area (Å²) >= 11 is 0. The average Bonchev–Trinajstić information content (AvgIpc) is 3.33. The van der Waals surface area contributed by atoms with Crippen LogP contribution in [0.1, 0.15) is 37.4 Å². The van der Waals surface area contributed by atoms with Gasteiger partial charge in [-0.3, -0.25) is 0 Å². The lowest BCUT2D eigenvalue weighted by Crippen LogP contribution is -2.66. The van der Waals surface area contributed by atoms with Crippen molar-refractivity contribution in [3.63, 3.8) is 0 Å². The van der Waals surface area contributed by atoms with Crippen molar-refractivity contribution in [3.05, 3.63) is 179 Å². The van der Waals surface area contributed by atoms with Crippen molar-refractivity contribution in [2.75, 3.05) is 34.5 Å². The van der Waals surface area contributed by atoms with E-state index in [1.54, 1.807) is 67.8 Å². The minimum absolute atomic E-state index is 0.0379. The molecule has 0 amide bonds. The molecule has 5 aromatic carbocycles. The molecule has 2 aliphatic rings. The standard InChI is InChI=1S/C50H54O13/c1-53-32-39-41(56-29-34-19-9-4-10-20-34)43(57-30-35-21-11-5-12-22-35)45(58-31-36-23-13-6-14-24-36)50(60-39)63-42-40(33-54-2)59-49(55-3)46(62-48(52)38-27-17-8-18-28-38)44(42)61-47(51)37-25-15-7-16-26-37/h4-28,39-46,49-50H,29-33H2,1-3H3/t39-,40-,41-,42-,43+,44+,45-,46-,49+,50-/m1/s1. The molecule has 0 aliphatic carbocycles. The van der Waals surface area contributed by atoms with E-state index in [0.717, 1.165) is 16.7 Å². The Bertz CT molecular complexity index is 2090. The lowest BCUT2D eigenvalue weighted by Gasteiger charge is -2.49. The molecule has 7 rings (SSSR count). The Morgan fingerprint density at radius 3 is 1.25 bits per heavy atom. The number of carbonyl (C=O) groups excluding carboxylic acids is 2. The summed E-state index contributed by atoms with van der Waals surface area (Å²) in [4.78, 5) is 27.8. The van der Waals surface area contributed by atoms with E-state index < -0.39 is 73.4 Å². The fourth-order valence-electron chi connectivity index (χ4n) is 7.63. The number of methoxy groups -OCH3 is 3. The SMILES string of the molecule is COC[C@H]1O[C@H](O[C@H]2[C@H](OC(=O)c3ccccc3)[C@@H](OC(=O)c3ccccc3)[C@@H](OC)O[C@@H]2COC)[C@H](OCc2ccccc2)[C@@H](OCc2ccccc2)[C@@H]1OCc1ccccc1. The van der Waals surface area contributed by atoms with Gasteiger partial charge in [0.15, 0.2) is 24.8 Å². The molecule has 2 aliphatic heterocycles. The number of rotatable bonds is 20. The van der Waals surface area contributed by atoms with Crippen molar-refractivity contribution in [2.24, 2.45) is 0 Å². The van der Waals surface area contributed by atoms with Gasteiger partial charge >= 0.3 is 11.9 Å². The van der Waals surface area contributed by atoms with E-state index in [9.17, 15) is 9.59 Å². The first-order valence-electron chi connectivity index (χ1n) is 20.9. The highest BCUT2D eigenvalue weighted by molar-refractivity contribution is 5.90. The maximum atomic E-state index is 14.0. The minimum Gasteiger partial charge on any atom is -0.452 e. The normalized spacial score (nSPS) is 25.8. The van der Waals surface area contributed by atoms with E-state index in [-0.39, 0.29) is 44.2 Å². The quantitative estimate of drug-likeness (QED) is 0.0747. The third-order valence-electron chi connectivity index (χ3n) is 10.7. The molecule has 0 spiro atoms. The van der Waals surface area contributed by atoms with E-state index in [1.165, 1.54) is 14.2 Å². The fraction of sp³-hybridized carbons (Fsp3) is 0.360. The van der Waals surface area contributed by atoms with Gasteiger partial charge < -0.3 is 52.1 Å². The summed E-state index contributed by atoms with van der Waals surface area (Å²) < 4.78 is 70.4. The van der Waals surface area contributed by atoms with Gasteiger partial charge in [0.05, 0.1) is 44.2 Å². The summed E-state index contributed by atoms with van der Waals surface area (Å²) in [7, 11) is 4.49. The first kappa shape index (κ1) is 45.7. The molecule has 0 saturated carbocycles. The molecule has 5 aromatic rings. The second-order valence-electron chi connectivity index (χ2n) is 15.1. The molecule has 13 heteroatoms. The molecule has 2 saturated heterocycles. The molecule has 0 bridgehead atoms. The zero-order valence-electron chi connectivity index (χ0n) is 35.6. The number of hydrogen-bond acceptors (Lipinski definition) is 13. The molecule has 0 radical (unpaired) electrons. The molecule has 63 heavy (non-hydrogen) atoms. The predicted molar refractivity (Wildman–Crippen MR) is 229 cm³/mol. The van der Waals surface area contributed by atoms with Crippen LogP contribution in [-0.2, 0) is 71.9 Å². The van der Waals surface area contributed by atoms with Gasteiger partial charge in [0, 0.05) is 21.3 Å². The second kappa shape index (κ2) is 23.4. The van der Waals surface area contributed by atoms with Gasteiger partial charge in [0.2, 0.25) is 0 Å². The van der Waals surface area contributed by atoms with Crippen molar-refractivity contribution in [1.82, 2.24) is 0 Å². The van der Waals surface area contributed by atoms with Gasteiger partial charge in [0.1, 0.15) is 36.6 Å². The fourth-order valence-corrected chi connectivity index (χ4v) is 7.63. The first-order chi connectivity index (χ1) is 30.9. The second-order valence-corrected chi connectivity index (χ2v) is 15.1. The summed E-state index contributed by atoms with van der Waals surface area (Å²) in [6, 6.07) is 46.2. The minimum atomic E-state index is -1.33. The van der Waals surface area contributed by atoms with Crippen molar-refractivity contribution in [2.45, 2.75) is 81.2 Å². The molecule has 2 heterocycles. The molecule has 0 N–H and O–H groups in total. The summed E-state index contributed by atoms with van der Waals surface area (Å²) in [5.74, 6) is -1.39. The molecule has 0 unspecified atom stereocenters. The lowest BCUT2D eigenvalue weighted by molar-refractivity contribution is -0.367. The Labute approximate surface area is 368 Å². The molecule has 2 fully saturated rings. The Morgan fingerprint density at radius 1 is 0.429 bits per heavy atom. The Morgan fingerprint density at radius 2 is 0.810 bits per heavy atom. The van der Waals surface area contributed by atoms with E-state index in [1.807, 2.05) is 91.0 Å². The van der Waals surface area contributed by atoms with Gasteiger partial charge in [-0.15, -0.1) is 0 Å². The summed E-state index contributed by atoms with van der Waals surface area (Å²) in [5.41, 5.74) is 3.30. The van der Waals surface area contributed by atoms with E-state index >= 15 is 0 Å². The molecule has 332 valence electrons. The molecule has 13 nitrogen and oxygen atoms in total. The van der Waals surface area contributed by atoms with Crippen molar-refractivity contribution < 1.29 is 61.7 Å². The van der Waals surface area contributed by atoms with Crippen LogP contribution in [-0.4, -0.2) is 108 Å². The molecule has 0 aromatic heterocycles. The number of esters is 2. The number of ether oxygens (including phenoxy) is 11. The van der Waals surface area contributed by atoms with Gasteiger partial charge in [0.25, 0.3) is 0 Å². The van der Waals surface area contributed by atoms with Crippen LogP contribution in [0, 0.1) is 0 Å². The summed E-state index contributed by atoms with van der Waals surface area (Å²) in [5, 5.41) is 0. The zero-order valence-corrected chi connectivity index (χ0v) is 35.6. The van der Waals surface area contributed by atoms with E-state index in [0.29, 0.717) is 0 Å².